The Hall–Kier alpha value is -0.810. The molecular formula is C5H8F2NO4P. The molecule has 3 N–H and O–H groups in total. The van der Waals surface area contributed by atoms with Crippen molar-refractivity contribution in [2.75, 3.05) is 0 Å². The van der Waals surface area contributed by atoms with Gasteiger partial charge >= 0.3 is 19.3 Å². The molecule has 0 aromatic heterocycles. The van der Waals surface area contributed by atoms with Crippen LogP contribution in [0.4, 0.5) is 8.78 Å². The smallest absolute Gasteiger partial charge is 0.387 e. The summed E-state index contributed by atoms with van der Waals surface area (Å²) in [6, 6.07) is -1.90. The molecule has 0 fully saturated rings. The van der Waals surface area contributed by atoms with E-state index in [9.17, 15) is 22.7 Å². The van der Waals surface area contributed by atoms with Crippen molar-refractivity contribution >= 4 is 13.6 Å². The SMILES string of the molecule is CC(C(N)C(=O)O)C(F)(F)P(=O)=O. The van der Waals surface area contributed by atoms with Gasteiger partial charge in [-0.1, -0.05) is 6.92 Å². The summed E-state index contributed by atoms with van der Waals surface area (Å²) < 4.78 is 45.3. The van der Waals surface area contributed by atoms with Gasteiger partial charge in [-0.2, -0.15) is 8.78 Å². The van der Waals surface area contributed by atoms with Crippen molar-refractivity contribution < 1.29 is 27.8 Å². The molecule has 5 nitrogen and oxygen atoms in total. The zero-order valence-corrected chi connectivity index (χ0v) is 7.50. The van der Waals surface area contributed by atoms with Crippen LogP contribution in [-0.4, -0.2) is 22.8 Å². The maximum Gasteiger partial charge on any atom is 0.387 e. The molecule has 2 atom stereocenters. The number of nitrogens with two attached hydrogens (primary N) is 1. The molecule has 0 spiro atoms. The molecular weight excluding hydrogens is 207 g/mol. The minimum atomic E-state index is -4.09. The Morgan fingerprint density at radius 1 is 1.54 bits per heavy atom. The highest BCUT2D eigenvalue weighted by molar-refractivity contribution is 7.32. The molecule has 0 aliphatic carbocycles. The Kier molecular flexibility index (Phi) is 3.69. The Labute approximate surface area is 72.7 Å². The van der Waals surface area contributed by atoms with Crippen LogP contribution in [0.5, 0.6) is 0 Å². The van der Waals surface area contributed by atoms with Gasteiger partial charge in [0.05, 0.1) is 5.92 Å². The largest absolute Gasteiger partial charge is 0.480 e. The molecule has 76 valence electrons. The fourth-order valence-electron chi connectivity index (χ4n) is 0.596. The molecule has 0 rings (SSSR count). The van der Waals surface area contributed by atoms with Crippen molar-refractivity contribution in [3.8, 4) is 0 Å². The van der Waals surface area contributed by atoms with E-state index in [0.717, 1.165) is 6.92 Å². The molecule has 0 bridgehead atoms. The topological polar surface area (TPSA) is 97.5 Å². The van der Waals surface area contributed by atoms with Crippen LogP contribution < -0.4 is 5.73 Å². The number of alkyl halides is 2. The van der Waals surface area contributed by atoms with Crippen molar-refractivity contribution in [3.05, 3.63) is 0 Å². The summed E-state index contributed by atoms with van der Waals surface area (Å²) in [7, 11) is -4.02. The van der Waals surface area contributed by atoms with Gasteiger partial charge in [0.25, 0.3) is 0 Å². The molecule has 0 aromatic carbocycles. The number of rotatable bonds is 4. The van der Waals surface area contributed by atoms with E-state index in [0.29, 0.717) is 0 Å². The Balaban J connectivity index is 4.78. The monoisotopic (exact) mass is 215 g/mol. The van der Waals surface area contributed by atoms with Gasteiger partial charge in [0.15, 0.2) is 0 Å². The molecule has 13 heavy (non-hydrogen) atoms. The number of halogens is 2. The third kappa shape index (κ3) is 2.57. The average Bonchev–Trinajstić information content (AvgIpc) is 2.01. The number of carboxylic acid groups (broad SMARTS) is 1. The third-order valence-electron chi connectivity index (χ3n) is 1.62. The Bertz CT molecular complexity index is 270. The number of hydrogen-bond acceptors (Lipinski definition) is 4. The van der Waals surface area contributed by atoms with Crippen LogP contribution >= 0.6 is 7.68 Å². The van der Waals surface area contributed by atoms with E-state index in [1.54, 1.807) is 0 Å². The first-order chi connectivity index (χ1) is 5.71. The lowest BCUT2D eigenvalue weighted by atomic mass is 10.0. The fraction of sp³-hybridized carbons (Fsp3) is 0.800. The summed E-state index contributed by atoms with van der Waals surface area (Å²) in [4.78, 5) is 10.2. The van der Waals surface area contributed by atoms with Gasteiger partial charge < -0.3 is 10.8 Å². The van der Waals surface area contributed by atoms with Crippen LogP contribution in [0.15, 0.2) is 0 Å². The normalized spacial score (nSPS) is 16.3. The number of carboxylic acids is 1. The zero-order chi connectivity index (χ0) is 10.8. The standard InChI is InChI=1S/C5H8F2NO4P/c1-2(3(8)4(9)10)5(6,7)13(11)12/h2-3H,8H2,1H3,(H,9,10). The lowest BCUT2D eigenvalue weighted by molar-refractivity contribution is -0.142. The second-order valence-corrected chi connectivity index (χ2v) is 3.61. The van der Waals surface area contributed by atoms with Crippen molar-refractivity contribution in [1.82, 2.24) is 0 Å². The van der Waals surface area contributed by atoms with E-state index >= 15 is 0 Å². The summed E-state index contributed by atoms with van der Waals surface area (Å²) in [5.41, 5.74) is 0.747. The van der Waals surface area contributed by atoms with Crippen LogP contribution in [0.1, 0.15) is 6.92 Å². The minimum absolute atomic E-state index is 0.768. The van der Waals surface area contributed by atoms with Crippen LogP contribution in [0.25, 0.3) is 0 Å². The highest BCUT2D eigenvalue weighted by Crippen LogP contribution is 2.40. The molecule has 0 aromatic rings. The lowest BCUT2D eigenvalue weighted by Crippen LogP contribution is -2.43. The second-order valence-electron chi connectivity index (χ2n) is 2.50. The van der Waals surface area contributed by atoms with E-state index in [-0.39, 0.29) is 0 Å². The first-order valence-electron chi connectivity index (χ1n) is 3.22. The van der Waals surface area contributed by atoms with Crippen LogP contribution in [0, 0.1) is 5.92 Å². The highest BCUT2D eigenvalue weighted by Gasteiger charge is 2.48. The molecule has 2 unspecified atom stereocenters. The second kappa shape index (κ2) is 3.93. The molecule has 0 aliphatic heterocycles. The van der Waals surface area contributed by atoms with Gasteiger partial charge in [-0.05, 0) is 0 Å². The maximum absolute atomic E-state index is 12.6. The number of carbonyl (C=O) groups is 1. The Morgan fingerprint density at radius 2 is 1.92 bits per heavy atom. The molecule has 0 saturated heterocycles. The van der Waals surface area contributed by atoms with E-state index in [1.165, 1.54) is 0 Å². The summed E-state index contributed by atoms with van der Waals surface area (Å²) in [5.74, 6) is -3.62. The average molecular weight is 215 g/mol. The summed E-state index contributed by atoms with van der Waals surface area (Å²) in [6.07, 6.45) is 0. The van der Waals surface area contributed by atoms with Gasteiger partial charge in [0, 0.05) is 0 Å². The fourth-order valence-corrected chi connectivity index (χ4v) is 1.09. The molecule has 0 aliphatic rings. The van der Waals surface area contributed by atoms with E-state index in [1.807, 2.05) is 0 Å². The predicted molar refractivity (Wildman–Crippen MR) is 38.0 cm³/mol. The van der Waals surface area contributed by atoms with Crippen molar-refractivity contribution in [3.63, 3.8) is 0 Å². The third-order valence-corrected chi connectivity index (χ3v) is 2.51. The molecule has 0 heterocycles. The van der Waals surface area contributed by atoms with Crippen LogP contribution in [0.2, 0.25) is 0 Å². The van der Waals surface area contributed by atoms with E-state index < -0.39 is 31.3 Å². The van der Waals surface area contributed by atoms with Gasteiger partial charge in [0.2, 0.25) is 0 Å². The minimum Gasteiger partial charge on any atom is -0.480 e. The quantitative estimate of drug-likeness (QED) is 0.676. The Morgan fingerprint density at radius 3 is 2.15 bits per heavy atom. The van der Waals surface area contributed by atoms with Crippen LogP contribution in [-0.2, 0) is 13.9 Å². The summed E-state index contributed by atoms with van der Waals surface area (Å²) in [5, 5.41) is 8.24. The molecule has 0 radical (unpaired) electrons. The van der Waals surface area contributed by atoms with Gasteiger partial charge in [-0.25, -0.2) is 9.13 Å². The number of aliphatic carboxylic acids is 1. The van der Waals surface area contributed by atoms with E-state index in [2.05, 4.69) is 0 Å². The van der Waals surface area contributed by atoms with Crippen molar-refractivity contribution in [2.45, 2.75) is 18.6 Å². The first kappa shape index (κ1) is 12.2. The lowest BCUT2D eigenvalue weighted by Gasteiger charge is -2.19. The molecule has 0 amide bonds. The van der Waals surface area contributed by atoms with Crippen LogP contribution in [0.3, 0.4) is 0 Å². The first-order valence-corrected chi connectivity index (χ1v) is 4.39. The predicted octanol–water partition coefficient (Wildman–Crippen LogP) is 0.800. The molecule has 8 heteroatoms. The number of hydrogen-bond donors (Lipinski definition) is 2. The van der Waals surface area contributed by atoms with E-state index in [4.69, 9.17) is 10.8 Å². The zero-order valence-electron chi connectivity index (χ0n) is 6.61. The molecule has 0 saturated carbocycles. The maximum atomic E-state index is 12.6. The highest BCUT2D eigenvalue weighted by atomic mass is 31.1. The van der Waals surface area contributed by atoms with Gasteiger partial charge in [0.1, 0.15) is 6.04 Å². The van der Waals surface area contributed by atoms with Crippen molar-refractivity contribution in [2.24, 2.45) is 11.7 Å². The summed E-state index contributed by atoms with van der Waals surface area (Å²) >= 11 is 0. The van der Waals surface area contributed by atoms with Gasteiger partial charge in [-0.15, -0.1) is 0 Å². The van der Waals surface area contributed by atoms with Gasteiger partial charge in [-0.3, -0.25) is 4.79 Å². The summed E-state index contributed by atoms with van der Waals surface area (Å²) in [6.45, 7) is 0.768. The van der Waals surface area contributed by atoms with Crippen molar-refractivity contribution in [1.29, 1.82) is 0 Å².